The Balaban J connectivity index is 2.06. The summed E-state index contributed by atoms with van der Waals surface area (Å²) >= 11 is 0. The number of carbonyl (C=O) groups is 1. The number of amides is 2. The number of aromatic amines is 1. The highest BCUT2D eigenvalue weighted by Crippen LogP contribution is 2.12. The summed E-state index contributed by atoms with van der Waals surface area (Å²) in [7, 11) is 1.42. The monoisotopic (exact) mass is 291 g/mol. The Morgan fingerprint density at radius 3 is 2.76 bits per heavy atom. The minimum Gasteiger partial charge on any atom is -0.482 e. The summed E-state index contributed by atoms with van der Waals surface area (Å²) in [5, 5.41) is 4.92. The maximum Gasteiger partial charge on any atom is 0.323 e. The topological polar surface area (TPSA) is 83.2 Å². The van der Waals surface area contributed by atoms with Gasteiger partial charge in [-0.05, 0) is 23.8 Å². The number of methoxy groups -OCH3 is 1. The van der Waals surface area contributed by atoms with E-state index < -0.39 is 18.3 Å². The lowest BCUT2D eigenvalue weighted by Crippen LogP contribution is -2.24. The van der Waals surface area contributed by atoms with E-state index in [2.05, 4.69) is 15.6 Å². The lowest BCUT2D eigenvalue weighted by molar-refractivity contribution is 0.262. The Hall–Kier alpha value is -2.83. The second-order valence-corrected chi connectivity index (χ2v) is 4.18. The summed E-state index contributed by atoms with van der Waals surface area (Å²) in [6, 6.07) is 8.72. The number of alkyl halides is 1. The summed E-state index contributed by atoms with van der Waals surface area (Å²) in [5.41, 5.74) is 0.486. The summed E-state index contributed by atoms with van der Waals surface area (Å²) in [4.78, 5) is 25.9. The van der Waals surface area contributed by atoms with Gasteiger partial charge < -0.3 is 15.4 Å². The number of aromatic nitrogens is 1. The van der Waals surface area contributed by atoms with Gasteiger partial charge >= 0.3 is 6.03 Å². The number of H-pyrrole nitrogens is 1. The number of hydrogen-bond donors (Lipinski definition) is 3. The third-order valence-electron chi connectivity index (χ3n) is 2.69. The summed E-state index contributed by atoms with van der Waals surface area (Å²) in [5.74, 6) is 0.293. The molecule has 3 N–H and O–H groups in total. The maximum atomic E-state index is 12.5. The standard InChI is InChI=1S/C14H14FN3O3/c1-21-12-6-5-11(13(19)18-12)17-14(20)16-10-4-2-3-9(7-10)8-15/h2-7H,8H2,1H3,(H,18,19)(H2,16,17,20). The van der Waals surface area contributed by atoms with E-state index in [0.29, 0.717) is 17.1 Å². The molecule has 0 aliphatic rings. The average Bonchev–Trinajstić information content (AvgIpc) is 2.49. The first-order valence-electron chi connectivity index (χ1n) is 6.12. The maximum absolute atomic E-state index is 12.5. The Morgan fingerprint density at radius 2 is 2.10 bits per heavy atom. The number of pyridine rings is 1. The van der Waals surface area contributed by atoms with Crippen molar-refractivity contribution in [3.63, 3.8) is 0 Å². The number of nitrogens with one attached hydrogen (secondary N) is 3. The summed E-state index contributed by atoms with van der Waals surface area (Å²) in [6.07, 6.45) is 0. The quantitative estimate of drug-likeness (QED) is 0.809. The van der Waals surface area contributed by atoms with Crippen LogP contribution in [0.3, 0.4) is 0 Å². The van der Waals surface area contributed by atoms with Crippen LogP contribution in [0.2, 0.25) is 0 Å². The van der Waals surface area contributed by atoms with Gasteiger partial charge in [-0.15, -0.1) is 0 Å². The highest BCUT2D eigenvalue weighted by molar-refractivity contribution is 5.99. The molecule has 0 saturated carbocycles. The van der Waals surface area contributed by atoms with Gasteiger partial charge in [0.25, 0.3) is 5.56 Å². The van der Waals surface area contributed by atoms with E-state index in [9.17, 15) is 14.0 Å². The van der Waals surface area contributed by atoms with Gasteiger partial charge in [0.2, 0.25) is 0 Å². The van der Waals surface area contributed by atoms with E-state index in [4.69, 9.17) is 4.74 Å². The minimum atomic E-state index is -0.616. The highest BCUT2D eigenvalue weighted by atomic mass is 19.1. The molecule has 2 aromatic rings. The number of ether oxygens (including phenoxy) is 1. The number of rotatable bonds is 4. The molecule has 0 spiro atoms. The van der Waals surface area contributed by atoms with E-state index in [1.165, 1.54) is 25.3 Å². The molecule has 1 heterocycles. The van der Waals surface area contributed by atoms with E-state index >= 15 is 0 Å². The summed E-state index contributed by atoms with van der Waals surface area (Å²) in [6.45, 7) is -0.616. The lowest BCUT2D eigenvalue weighted by atomic mass is 10.2. The smallest absolute Gasteiger partial charge is 0.323 e. The van der Waals surface area contributed by atoms with Crippen LogP contribution in [0.4, 0.5) is 20.6 Å². The van der Waals surface area contributed by atoms with Crippen molar-refractivity contribution in [1.82, 2.24) is 4.98 Å². The van der Waals surface area contributed by atoms with Crippen LogP contribution in [0.15, 0.2) is 41.2 Å². The molecule has 110 valence electrons. The van der Waals surface area contributed by atoms with Gasteiger partial charge in [0.05, 0.1) is 7.11 Å². The van der Waals surface area contributed by atoms with Gasteiger partial charge in [-0.1, -0.05) is 12.1 Å². The molecule has 0 saturated heterocycles. The third kappa shape index (κ3) is 3.82. The fourth-order valence-corrected chi connectivity index (χ4v) is 1.69. The van der Waals surface area contributed by atoms with Crippen LogP contribution in [-0.2, 0) is 6.67 Å². The predicted octanol–water partition coefficient (Wildman–Crippen LogP) is 2.50. The number of benzene rings is 1. The molecule has 1 aromatic carbocycles. The SMILES string of the molecule is COc1ccc(NC(=O)Nc2cccc(CF)c2)c(=O)[nH]1. The van der Waals surface area contributed by atoms with Crippen LogP contribution < -0.4 is 20.9 Å². The molecule has 0 atom stereocenters. The van der Waals surface area contributed by atoms with Gasteiger partial charge in [0.15, 0.2) is 5.88 Å². The van der Waals surface area contributed by atoms with Gasteiger partial charge in [0.1, 0.15) is 12.4 Å². The van der Waals surface area contributed by atoms with Crippen molar-refractivity contribution in [2.24, 2.45) is 0 Å². The molecule has 6 nitrogen and oxygen atoms in total. The van der Waals surface area contributed by atoms with E-state index in [0.717, 1.165) is 0 Å². The van der Waals surface area contributed by atoms with Crippen LogP contribution in [0.5, 0.6) is 5.88 Å². The van der Waals surface area contributed by atoms with Crippen LogP contribution >= 0.6 is 0 Å². The van der Waals surface area contributed by atoms with E-state index in [1.54, 1.807) is 18.2 Å². The molecule has 2 amide bonds. The second kappa shape index (κ2) is 6.56. The Bertz CT molecular complexity index is 700. The number of carbonyl (C=O) groups excluding carboxylic acids is 1. The summed E-state index contributed by atoms with van der Waals surface area (Å²) < 4.78 is 17.4. The number of halogens is 1. The fraction of sp³-hybridized carbons (Fsp3) is 0.143. The Kier molecular flexibility index (Phi) is 4.55. The highest BCUT2D eigenvalue weighted by Gasteiger charge is 2.07. The molecule has 21 heavy (non-hydrogen) atoms. The van der Waals surface area contributed by atoms with Crippen molar-refractivity contribution in [2.45, 2.75) is 6.67 Å². The number of hydrogen-bond acceptors (Lipinski definition) is 3. The lowest BCUT2D eigenvalue weighted by Gasteiger charge is -2.08. The number of urea groups is 1. The molecule has 7 heteroatoms. The van der Waals surface area contributed by atoms with Crippen LogP contribution in [0.25, 0.3) is 0 Å². The van der Waals surface area contributed by atoms with Gasteiger partial charge in [0, 0.05) is 11.8 Å². The molecule has 0 aliphatic carbocycles. The third-order valence-corrected chi connectivity index (χ3v) is 2.69. The molecular weight excluding hydrogens is 277 g/mol. The van der Waals surface area contributed by atoms with Crippen LogP contribution in [0.1, 0.15) is 5.56 Å². The molecule has 2 rings (SSSR count). The second-order valence-electron chi connectivity index (χ2n) is 4.18. The van der Waals surface area contributed by atoms with Crippen molar-refractivity contribution in [3.05, 3.63) is 52.3 Å². The van der Waals surface area contributed by atoms with Gasteiger partial charge in [-0.3, -0.25) is 9.78 Å². The molecule has 0 bridgehead atoms. The number of anilines is 2. The Labute approximate surface area is 120 Å². The van der Waals surface area contributed by atoms with Crippen molar-refractivity contribution < 1.29 is 13.9 Å². The molecule has 1 aromatic heterocycles. The van der Waals surface area contributed by atoms with Crippen molar-refractivity contribution in [2.75, 3.05) is 17.7 Å². The zero-order chi connectivity index (χ0) is 15.2. The normalized spacial score (nSPS) is 10.0. The van der Waals surface area contributed by atoms with Crippen LogP contribution in [0, 0.1) is 0 Å². The molecule has 0 unspecified atom stereocenters. The van der Waals surface area contributed by atoms with Crippen LogP contribution in [-0.4, -0.2) is 18.1 Å². The minimum absolute atomic E-state index is 0.0787. The first-order valence-corrected chi connectivity index (χ1v) is 6.12. The first-order chi connectivity index (χ1) is 10.1. The zero-order valence-corrected chi connectivity index (χ0v) is 11.3. The van der Waals surface area contributed by atoms with Gasteiger partial charge in [-0.2, -0.15) is 0 Å². The largest absolute Gasteiger partial charge is 0.482 e. The van der Waals surface area contributed by atoms with E-state index in [-0.39, 0.29) is 5.69 Å². The van der Waals surface area contributed by atoms with Crippen molar-refractivity contribution >= 4 is 17.4 Å². The molecule has 0 fully saturated rings. The van der Waals surface area contributed by atoms with Crippen molar-refractivity contribution in [1.29, 1.82) is 0 Å². The Morgan fingerprint density at radius 1 is 1.29 bits per heavy atom. The molecular formula is C14H14FN3O3. The van der Waals surface area contributed by atoms with Gasteiger partial charge in [-0.25, -0.2) is 9.18 Å². The molecule has 0 aliphatic heterocycles. The fourth-order valence-electron chi connectivity index (χ4n) is 1.69. The van der Waals surface area contributed by atoms with E-state index in [1.807, 2.05) is 0 Å². The zero-order valence-electron chi connectivity index (χ0n) is 11.3. The van der Waals surface area contributed by atoms with Crippen molar-refractivity contribution in [3.8, 4) is 5.88 Å². The first kappa shape index (κ1) is 14.6. The average molecular weight is 291 g/mol. The molecule has 0 radical (unpaired) electrons. The predicted molar refractivity (Wildman–Crippen MR) is 77.5 cm³/mol.